The molecule has 0 aliphatic heterocycles. The molecule has 0 saturated heterocycles. The van der Waals surface area contributed by atoms with Gasteiger partial charge in [0.05, 0.1) is 6.20 Å². The highest BCUT2D eigenvalue weighted by molar-refractivity contribution is 6.31. The number of benzene rings is 1. The first-order valence-corrected chi connectivity index (χ1v) is 6.35. The Morgan fingerprint density at radius 1 is 1.55 bits per heavy atom. The minimum atomic E-state index is 0.0283. The summed E-state index contributed by atoms with van der Waals surface area (Å²) in [6, 6.07) is 5.28. The van der Waals surface area contributed by atoms with E-state index >= 15 is 0 Å². The van der Waals surface area contributed by atoms with Crippen LogP contribution in [0, 0.1) is 0 Å². The summed E-state index contributed by atoms with van der Waals surface area (Å²) in [6.45, 7) is 0.654. The van der Waals surface area contributed by atoms with Crippen molar-refractivity contribution in [2.45, 2.75) is 6.54 Å². The van der Waals surface area contributed by atoms with Crippen LogP contribution in [0.3, 0.4) is 0 Å². The van der Waals surface area contributed by atoms with Gasteiger partial charge in [-0.25, -0.2) is 0 Å². The average molecular weight is 294 g/mol. The Kier molecular flexibility index (Phi) is 4.14. The summed E-state index contributed by atoms with van der Waals surface area (Å²) >= 11 is 5.96. The predicted molar refractivity (Wildman–Crippen MR) is 79.3 cm³/mol. The van der Waals surface area contributed by atoms with Crippen LogP contribution in [0.15, 0.2) is 35.7 Å². The average Bonchev–Trinajstić information content (AvgIpc) is 2.82. The van der Waals surface area contributed by atoms with Crippen LogP contribution >= 0.6 is 11.6 Å². The van der Waals surface area contributed by atoms with Crippen LogP contribution < -0.4 is 10.6 Å². The molecule has 0 radical (unpaired) electrons. The number of anilines is 1. The lowest BCUT2D eigenvalue weighted by molar-refractivity contribution is 0.318. The third-order valence-corrected chi connectivity index (χ3v) is 3.17. The van der Waals surface area contributed by atoms with Crippen LogP contribution in [-0.2, 0) is 13.6 Å². The van der Waals surface area contributed by atoms with E-state index in [0.717, 1.165) is 11.3 Å². The standard InChI is InChI=1S/C13H16ClN5O/c1-18(7-9-6-16-19(2)8-9)12-4-3-10(14)5-11(12)13(15)17-20/h3-6,8,20H,7H2,1-2H3,(H2,15,17). The van der Waals surface area contributed by atoms with Crippen LogP contribution in [0.4, 0.5) is 5.69 Å². The van der Waals surface area contributed by atoms with E-state index in [-0.39, 0.29) is 5.84 Å². The van der Waals surface area contributed by atoms with Gasteiger partial charge in [0.2, 0.25) is 0 Å². The smallest absolute Gasteiger partial charge is 0.172 e. The lowest BCUT2D eigenvalue weighted by Gasteiger charge is -2.21. The van der Waals surface area contributed by atoms with Gasteiger partial charge in [-0.3, -0.25) is 4.68 Å². The quantitative estimate of drug-likeness (QED) is 0.390. The third-order valence-electron chi connectivity index (χ3n) is 2.93. The van der Waals surface area contributed by atoms with Crippen molar-refractivity contribution in [3.8, 4) is 0 Å². The van der Waals surface area contributed by atoms with Gasteiger partial charge in [0, 0.05) is 48.7 Å². The molecule has 0 bridgehead atoms. The second-order valence-corrected chi connectivity index (χ2v) is 4.96. The summed E-state index contributed by atoms with van der Waals surface area (Å²) in [5.74, 6) is 0.0283. The number of aryl methyl sites for hydroxylation is 1. The van der Waals surface area contributed by atoms with Crippen LogP contribution in [-0.4, -0.2) is 27.9 Å². The summed E-state index contributed by atoms with van der Waals surface area (Å²) in [5, 5.41) is 16.6. The minimum absolute atomic E-state index is 0.0283. The number of oxime groups is 1. The van der Waals surface area contributed by atoms with E-state index in [9.17, 15) is 0 Å². The van der Waals surface area contributed by atoms with E-state index in [1.54, 1.807) is 23.0 Å². The lowest BCUT2D eigenvalue weighted by atomic mass is 10.1. The molecule has 2 aromatic rings. The third kappa shape index (κ3) is 3.03. The van der Waals surface area contributed by atoms with Gasteiger partial charge >= 0.3 is 0 Å². The highest BCUT2D eigenvalue weighted by Crippen LogP contribution is 2.24. The molecule has 1 heterocycles. The molecule has 1 aromatic heterocycles. The van der Waals surface area contributed by atoms with Crippen molar-refractivity contribution in [3.63, 3.8) is 0 Å². The van der Waals surface area contributed by atoms with Crippen LogP contribution in [0.1, 0.15) is 11.1 Å². The molecule has 2 rings (SSSR count). The highest BCUT2D eigenvalue weighted by Gasteiger charge is 2.12. The fourth-order valence-electron chi connectivity index (χ4n) is 2.01. The van der Waals surface area contributed by atoms with Crippen molar-refractivity contribution in [1.29, 1.82) is 0 Å². The number of nitrogens with two attached hydrogens (primary N) is 1. The Morgan fingerprint density at radius 3 is 2.90 bits per heavy atom. The van der Waals surface area contributed by atoms with Crippen molar-refractivity contribution >= 4 is 23.1 Å². The van der Waals surface area contributed by atoms with E-state index in [1.165, 1.54) is 0 Å². The van der Waals surface area contributed by atoms with E-state index in [1.807, 2.05) is 31.3 Å². The van der Waals surface area contributed by atoms with Gasteiger partial charge < -0.3 is 15.8 Å². The number of hydrogen-bond donors (Lipinski definition) is 2. The molecule has 0 amide bonds. The number of amidine groups is 1. The molecule has 1 aromatic carbocycles. The van der Waals surface area contributed by atoms with Gasteiger partial charge in [-0.15, -0.1) is 0 Å². The first-order chi connectivity index (χ1) is 9.51. The fraction of sp³-hybridized carbons (Fsp3) is 0.231. The Labute approximate surface area is 122 Å². The maximum atomic E-state index is 8.87. The van der Waals surface area contributed by atoms with Crippen molar-refractivity contribution in [2.24, 2.45) is 17.9 Å². The molecule has 20 heavy (non-hydrogen) atoms. The second-order valence-electron chi connectivity index (χ2n) is 4.53. The maximum Gasteiger partial charge on any atom is 0.172 e. The van der Waals surface area contributed by atoms with Crippen molar-refractivity contribution in [3.05, 3.63) is 46.7 Å². The normalized spacial score (nSPS) is 11.7. The zero-order chi connectivity index (χ0) is 14.7. The molecule has 0 saturated carbocycles. The zero-order valence-electron chi connectivity index (χ0n) is 11.3. The van der Waals surface area contributed by atoms with Crippen molar-refractivity contribution in [1.82, 2.24) is 9.78 Å². The molecule has 106 valence electrons. The predicted octanol–water partition coefficient (Wildman–Crippen LogP) is 1.80. The molecular formula is C13H16ClN5O. The topological polar surface area (TPSA) is 79.7 Å². The fourth-order valence-corrected chi connectivity index (χ4v) is 2.18. The largest absolute Gasteiger partial charge is 0.409 e. The molecule has 0 aliphatic carbocycles. The van der Waals surface area contributed by atoms with E-state index in [4.69, 9.17) is 22.5 Å². The SMILES string of the molecule is CN(Cc1cnn(C)c1)c1ccc(Cl)cc1C(N)=NO. The van der Waals surface area contributed by atoms with E-state index in [2.05, 4.69) is 10.3 Å². The van der Waals surface area contributed by atoms with Crippen LogP contribution in [0.2, 0.25) is 5.02 Å². The first-order valence-electron chi connectivity index (χ1n) is 5.97. The minimum Gasteiger partial charge on any atom is -0.409 e. The molecule has 3 N–H and O–H groups in total. The molecule has 0 fully saturated rings. The summed E-state index contributed by atoms with van der Waals surface area (Å²) in [7, 11) is 3.79. The van der Waals surface area contributed by atoms with Gasteiger partial charge in [0.15, 0.2) is 5.84 Å². The monoisotopic (exact) mass is 293 g/mol. The second kappa shape index (κ2) is 5.83. The number of rotatable bonds is 4. The van der Waals surface area contributed by atoms with E-state index in [0.29, 0.717) is 17.1 Å². The Morgan fingerprint density at radius 2 is 2.30 bits per heavy atom. The molecule has 6 nitrogen and oxygen atoms in total. The Balaban J connectivity index is 2.31. The summed E-state index contributed by atoms with van der Waals surface area (Å²) in [4.78, 5) is 1.99. The summed E-state index contributed by atoms with van der Waals surface area (Å²) < 4.78 is 1.75. The number of nitrogens with zero attached hydrogens (tertiary/aromatic N) is 4. The molecule has 0 spiro atoms. The lowest BCUT2D eigenvalue weighted by Crippen LogP contribution is -2.22. The molecule has 7 heteroatoms. The van der Waals surface area contributed by atoms with Gasteiger partial charge in [-0.05, 0) is 18.2 Å². The molecule has 0 unspecified atom stereocenters. The zero-order valence-corrected chi connectivity index (χ0v) is 12.0. The summed E-state index contributed by atoms with van der Waals surface area (Å²) in [5.41, 5.74) is 8.18. The van der Waals surface area contributed by atoms with Gasteiger partial charge in [-0.1, -0.05) is 16.8 Å². The number of hydrogen-bond acceptors (Lipinski definition) is 4. The number of aromatic nitrogens is 2. The summed E-state index contributed by atoms with van der Waals surface area (Å²) in [6.07, 6.45) is 3.74. The van der Waals surface area contributed by atoms with Gasteiger partial charge in [-0.2, -0.15) is 5.10 Å². The van der Waals surface area contributed by atoms with Crippen LogP contribution in [0.25, 0.3) is 0 Å². The van der Waals surface area contributed by atoms with Crippen molar-refractivity contribution < 1.29 is 5.21 Å². The van der Waals surface area contributed by atoms with E-state index < -0.39 is 0 Å². The Hall–Kier alpha value is -2.21. The van der Waals surface area contributed by atoms with Gasteiger partial charge in [0.1, 0.15) is 0 Å². The highest BCUT2D eigenvalue weighted by atomic mass is 35.5. The number of halogens is 1. The Bertz CT molecular complexity index is 637. The maximum absolute atomic E-state index is 8.87. The van der Waals surface area contributed by atoms with Crippen LogP contribution in [0.5, 0.6) is 0 Å². The molecule has 0 atom stereocenters. The molecular weight excluding hydrogens is 278 g/mol. The first kappa shape index (κ1) is 14.2. The van der Waals surface area contributed by atoms with Crippen molar-refractivity contribution in [2.75, 3.05) is 11.9 Å². The molecule has 0 aliphatic rings. The van der Waals surface area contributed by atoms with Gasteiger partial charge in [0.25, 0.3) is 0 Å².